The molecule has 3 heterocycles. The average Bonchev–Trinajstić information content (AvgIpc) is 3.45. The number of rotatable bonds is 9. The van der Waals surface area contributed by atoms with Crippen LogP contribution >= 0.6 is 0 Å². The average molecular weight is 532 g/mol. The number of tetrazole rings is 1. The molecule has 10 nitrogen and oxygen atoms in total. The molecule has 1 saturated heterocycles. The third-order valence-electron chi connectivity index (χ3n) is 7.73. The number of nitrogens with one attached hydrogen (secondary N) is 1. The number of methoxy groups -OCH3 is 1. The summed E-state index contributed by atoms with van der Waals surface area (Å²) < 4.78 is 13.2. The molecule has 0 amide bonds. The van der Waals surface area contributed by atoms with Crippen LogP contribution in [0, 0.1) is 0 Å². The minimum Gasteiger partial charge on any atom is -0.495 e. The van der Waals surface area contributed by atoms with Crippen LogP contribution in [-0.4, -0.2) is 70.0 Å². The van der Waals surface area contributed by atoms with Gasteiger partial charge in [0.1, 0.15) is 17.5 Å². The molecule has 5 rings (SSSR count). The van der Waals surface area contributed by atoms with E-state index in [-0.39, 0.29) is 11.1 Å². The second kappa shape index (κ2) is 11.1. The quantitative estimate of drug-likeness (QED) is 0.346. The summed E-state index contributed by atoms with van der Waals surface area (Å²) in [5, 5.41) is 13.9. The Balaban J connectivity index is 1.57. The van der Waals surface area contributed by atoms with Gasteiger partial charge in [-0.2, -0.15) is 0 Å². The normalized spacial score (nSPS) is 15.5. The molecule has 1 atom stereocenters. The summed E-state index contributed by atoms with van der Waals surface area (Å²) in [5.41, 5.74) is 1.99. The van der Waals surface area contributed by atoms with E-state index in [0.29, 0.717) is 18.0 Å². The molecule has 4 aromatic rings. The highest BCUT2D eigenvalue weighted by atomic mass is 16.5. The van der Waals surface area contributed by atoms with E-state index in [1.165, 1.54) is 0 Å². The van der Waals surface area contributed by atoms with Crippen LogP contribution < -0.4 is 19.9 Å². The van der Waals surface area contributed by atoms with Crippen molar-refractivity contribution in [2.45, 2.75) is 45.7 Å². The Bertz CT molecular complexity index is 1490. The minimum absolute atomic E-state index is 0.146. The molecular formula is C29H37N7O3. The molecule has 0 radical (unpaired) electrons. The number of aromatic amines is 1. The summed E-state index contributed by atoms with van der Waals surface area (Å²) in [4.78, 5) is 21.3. The van der Waals surface area contributed by atoms with Crippen molar-refractivity contribution in [3.05, 3.63) is 70.3 Å². The highest BCUT2D eigenvalue weighted by Gasteiger charge is 2.36. The zero-order valence-corrected chi connectivity index (χ0v) is 23.3. The first-order valence-corrected chi connectivity index (χ1v) is 13.6. The Hall–Kier alpha value is -3.92. The van der Waals surface area contributed by atoms with Crippen molar-refractivity contribution in [3.8, 4) is 11.5 Å². The van der Waals surface area contributed by atoms with E-state index >= 15 is 0 Å². The van der Waals surface area contributed by atoms with Crippen LogP contribution in [0.1, 0.15) is 51.5 Å². The van der Waals surface area contributed by atoms with Crippen molar-refractivity contribution in [2.75, 3.05) is 44.8 Å². The fraction of sp³-hybridized carbons (Fsp3) is 0.448. The molecule has 1 N–H and O–H groups in total. The largest absolute Gasteiger partial charge is 0.495 e. The topological polar surface area (TPSA) is 101 Å². The van der Waals surface area contributed by atoms with Crippen molar-refractivity contribution in [3.63, 3.8) is 0 Å². The maximum atomic E-state index is 13.6. The van der Waals surface area contributed by atoms with Gasteiger partial charge in [0.25, 0.3) is 5.56 Å². The Kier molecular flexibility index (Phi) is 7.56. The molecule has 0 saturated carbocycles. The lowest BCUT2D eigenvalue weighted by atomic mass is 9.98. The van der Waals surface area contributed by atoms with Crippen LogP contribution in [-0.2, 0) is 5.54 Å². The van der Waals surface area contributed by atoms with Crippen LogP contribution in [0.4, 0.5) is 5.69 Å². The van der Waals surface area contributed by atoms with Gasteiger partial charge in [-0.3, -0.25) is 9.69 Å². The van der Waals surface area contributed by atoms with Crippen molar-refractivity contribution in [2.24, 2.45) is 0 Å². The van der Waals surface area contributed by atoms with E-state index in [4.69, 9.17) is 9.47 Å². The standard InChI is InChI=1S/C29H37N7O3/c1-6-29(3,4)36-27(31-32-33-36)26(22-19-20-18-21(39-7-2)12-13-23(20)30-28(22)37)35-16-14-34(15-17-35)24-10-8-9-11-25(24)38-5/h8-13,18-19,26H,6-7,14-17H2,1-5H3,(H,30,37). The zero-order valence-electron chi connectivity index (χ0n) is 23.3. The number of fused-ring (bicyclic) bond motifs is 1. The van der Waals surface area contributed by atoms with Gasteiger partial charge in [0.05, 0.1) is 24.9 Å². The molecule has 0 spiro atoms. The van der Waals surface area contributed by atoms with E-state index in [9.17, 15) is 4.79 Å². The number of nitrogens with zero attached hydrogens (tertiary/aromatic N) is 6. The van der Waals surface area contributed by atoms with E-state index in [2.05, 4.69) is 57.1 Å². The Morgan fingerprint density at radius 2 is 1.82 bits per heavy atom. The number of benzene rings is 2. The second-order valence-corrected chi connectivity index (χ2v) is 10.4. The Labute approximate surface area is 228 Å². The first-order chi connectivity index (χ1) is 18.9. The molecule has 1 unspecified atom stereocenters. The molecule has 39 heavy (non-hydrogen) atoms. The van der Waals surface area contributed by atoms with Gasteiger partial charge < -0.3 is 19.4 Å². The summed E-state index contributed by atoms with van der Waals surface area (Å²) >= 11 is 0. The number of anilines is 1. The van der Waals surface area contributed by atoms with Crippen LogP contribution in [0.3, 0.4) is 0 Å². The van der Waals surface area contributed by atoms with Crippen LogP contribution in [0.5, 0.6) is 11.5 Å². The minimum atomic E-state index is -0.422. The zero-order chi connectivity index (χ0) is 27.6. The van der Waals surface area contributed by atoms with E-state index < -0.39 is 6.04 Å². The Morgan fingerprint density at radius 3 is 2.54 bits per heavy atom. The predicted octanol–water partition coefficient (Wildman–Crippen LogP) is 3.98. The molecule has 1 aliphatic rings. The molecule has 0 aliphatic carbocycles. The smallest absolute Gasteiger partial charge is 0.253 e. The summed E-state index contributed by atoms with van der Waals surface area (Å²) in [5.74, 6) is 2.28. The summed E-state index contributed by atoms with van der Waals surface area (Å²) in [6.07, 6.45) is 0.838. The van der Waals surface area contributed by atoms with Crippen LogP contribution in [0.25, 0.3) is 10.9 Å². The lowest BCUT2D eigenvalue weighted by Gasteiger charge is -2.40. The van der Waals surface area contributed by atoms with Gasteiger partial charge in [-0.15, -0.1) is 5.10 Å². The van der Waals surface area contributed by atoms with Gasteiger partial charge in [-0.1, -0.05) is 19.1 Å². The molecule has 2 aromatic heterocycles. The summed E-state index contributed by atoms with van der Waals surface area (Å²) in [6.45, 7) is 11.9. The maximum absolute atomic E-state index is 13.6. The van der Waals surface area contributed by atoms with E-state index in [1.807, 2.05) is 54.1 Å². The van der Waals surface area contributed by atoms with E-state index in [1.54, 1.807) is 7.11 Å². The molecule has 10 heteroatoms. The van der Waals surface area contributed by atoms with Crippen LogP contribution in [0.2, 0.25) is 0 Å². The lowest BCUT2D eigenvalue weighted by Crippen LogP contribution is -2.49. The van der Waals surface area contributed by atoms with Crippen LogP contribution in [0.15, 0.2) is 53.3 Å². The molecule has 2 aromatic carbocycles. The number of piperazine rings is 1. The highest BCUT2D eigenvalue weighted by Crippen LogP contribution is 2.34. The van der Waals surface area contributed by atoms with Gasteiger partial charge in [-0.25, -0.2) is 4.68 Å². The molecule has 206 valence electrons. The SMILES string of the molecule is CCOc1ccc2[nH]c(=O)c(C(c3nnnn3C(C)(C)CC)N3CCN(c4ccccc4OC)CC3)cc2c1. The lowest BCUT2D eigenvalue weighted by molar-refractivity contribution is 0.186. The third-order valence-corrected chi connectivity index (χ3v) is 7.73. The fourth-order valence-corrected chi connectivity index (χ4v) is 5.22. The Morgan fingerprint density at radius 1 is 1.05 bits per heavy atom. The fourth-order valence-electron chi connectivity index (χ4n) is 5.22. The number of hydrogen-bond acceptors (Lipinski definition) is 8. The second-order valence-electron chi connectivity index (χ2n) is 10.4. The molecule has 1 aliphatic heterocycles. The molecule has 0 bridgehead atoms. The number of para-hydroxylation sites is 2. The number of hydrogen-bond donors (Lipinski definition) is 1. The van der Waals surface area contributed by atoms with Crippen molar-refractivity contribution in [1.82, 2.24) is 30.1 Å². The maximum Gasteiger partial charge on any atom is 0.253 e. The third kappa shape index (κ3) is 5.21. The monoisotopic (exact) mass is 531 g/mol. The van der Waals surface area contributed by atoms with Crippen molar-refractivity contribution in [1.29, 1.82) is 0 Å². The summed E-state index contributed by atoms with van der Waals surface area (Å²) in [7, 11) is 1.70. The summed E-state index contributed by atoms with van der Waals surface area (Å²) in [6, 6.07) is 15.3. The number of ether oxygens (including phenoxy) is 2. The first-order valence-electron chi connectivity index (χ1n) is 13.6. The van der Waals surface area contributed by atoms with Crippen molar-refractivity contribution < 1.29 is 9.47 Å². The number of pyridine rings is 1. The van der Waals surface area contributed by atoms with Gasteiger partial charge in [0, 0.05) is 42.6 Å². The van der Waals surface area contributed by atoms with Gasteiger partial charge >= 0.3 is 0 Å². The van der Waals surface area contributed by atoms with Crippen molar-refractivity contribution >= 4 is 16.6 Å². The van der Waals surface area contributed by atoms with E-state index in [0.717, 1.165) is 60.7 Å². The first kappa shape index (κ1) is 26.7. The van der Waals surface area contributed by atoms with Gasteiger partial charge in [0.2, 0.25) is 0 Å². The number of H-pyrrole nitrogens is 1. The predicted molar refractivity (Wildman–Crippen MR) is 152 cm³/mol. The molecule has 1 fully saturated rings. The number of aromatic nitrogens is 5. The van der Waals surface area contributed by atoms with Gasteiger partial charge in [0.15, 0.2) is 5.82 Å². The molecular weight excluding hydrogens is 494 g/mol. The van der Waals surface area contributed by atoms with Gasteiger partial charge in [-0.05, 0) is 74.0 Å². The highest BCUT2D eigenvalue weighted by molar-refractivity contribution is 5.80.